The number of carbonyl (C=O) groups excluding carboxylic acids is 1. The highest BCUT2D eigenvalue weighted by atomic mass is 79.9. The summed E-state index contributed by atoms with van der Waals surface area (Å²) in [5.41, 5.74) is 2.33. The zero-order valence-electron chi connectivity index (χ0n) is 16.6. The van der Waals surface area contributed by atoms with Crippen LogP contribution in [0.5, 0.6) is 5.75 Å². The van der Waals surface area contributed by atoms with Crippen LogP contribution in [-0.2, 0) is 0 Å². The number of carbonyl (C=O) groups is 1. The number of amides is 1. The largest absolute Gasteiger partial charge is 0.495 e. The number of benzene rings is 4. The smallest absolute Gasteiger partial charge is 0.261 e. The van der Waals surface area contributed by atoms with Crippen molar-refractivity contribution in [3.8, 4) is 17.0 Å². The van der Waals surface area contributed by atoms with Gasteiger partial charge in [0.25, 0.3) is 5.91 Å². The molecule has 0 aliphatic heterocycles. The number of nitrogens with one attached hydrogen (secondary N) is 1. The first-order chi connectivity index (χ1) is 15.2. The summed E-state index contributed by atoms with van der Waals surface area (Å²) >= 11 is 4.99. The van der Waals surface area contributed by atoms with Crippen molar-refractivity contribution in [2.45, 2.75) is 0 Å². The normalized spacial score (nSPS) is 11.0. The maximum absolute atomic E-state index is 13.1. The topological polar surface area (TPSA) is 51.2 Å². The van der Waals surface area contributed by atoms with Gasteiger partial charge in [0, 0.05) is 10.9 Å². The maximum Gasteiger partial charge on any atom is 0.261 e. The number of anilines is 1. The number of hydrogen-bond donors (Lipinski definition) is 1. The number of halogens is 1. The molecule has 152 valence electrons. The van der Waals surface area contributed by atoms with E-state index in [9.17, 15) is 4.79 Å². The molecule has 5 rings (SSSR count). The molecule has 0 saturated carbocycles. The fourth-order valence-corrected chi connectivity index (χ4v) is 5.16. The first kappa shape index (κ1) is 19.7. The maximum atomic E-state index is 13.1. The van der Waals surface area contributed by atoms with Crippen LogP contribution in [0, 0.1) is 0 Å². The number of fused-ring (bicyclic) bond motifs is 2. The summed E-state index contributed by atoms with van der Waals surface area (Å²) in [4.78, 5) is 17.8. The molecular formula is C25H17BrN2O2S. The van der Waals surface area contributed by atoms with Gasteiger partial charge >= 0.3 is 0 Å². The molecule has 1 N–H and O–H groups in total. The van der Waals surface area contributed by atoms with Crippen molar-refractivity contribution in [3.63, 3.8) is 0 Å². The summed E-state index contributed by atoms with van der Waals surface area (Å²) in [6, 6.07) is 24.1. The molecule has 1 heterocycles. The van der Waals surface area contributed by atoms with E-state index in [-0.39, 0.29) is 5.91 Å². The zero-order valence-corrected chi connectivity index (χ0v) is 19.0. The van der Waals surface area contributed by atoms with Crippen molar-refractivity contribution < 1.29 is 9.53 Å². The summed E-state index contributed by atoms with van der Waals surface area (Å²) in [5, 5.41) is 9.67. The fraction of sp³-hybridized carbons (Fsp3) is 0.0400. The van der Waals surface area contributed by atoms with Crippen LogP contribution in [0.4, 0.5) is 5.13 Å². The SMILES string of the molecule is COc1c(C(=O)Nc2nc(-c3cccc4ccccc34)cs2)cc2ccccc2c1Br. The van der Waals surface area contributed by atoms with E-state index < -0.39 is 0 Å². The third-order valence-electron chi connectivity index (χ3n) is 5.18. The van der Waals surface area contributed by atoms with Crippen molar-refractivity contribution in [3.05, 3.63) is 88.2 Å². The van der Waals surface area contributed by atoms with Crippen LogP contribution in [-0.4, -0.2) is 18.0 Å². The van der Waals surface area contributed by atoms with Gasteiger partial charge in [-0.1, -0.05) is 66.7 Å². The molecule has 4 nitrogen and oxygen atoms in total. The molecule has 0 aliphatic carbocycles. The average molecular weight is 489 g/mol. The number of aromatic nitrogens is 1. The second-order valence-corrected chi connectivity index (χ2v) is 8.66. The van der Waals surface area contributed by atoms with Gasteiger partial charge in [0.2, 0.25) is 0 Å². The molecule has 0 fully saturated rings. The highest BCUT2D eigenvalue weighted by molar-refractivity contribution is 9.10. The van der Waals surface area contributed by atoms with Crippen molar-refractivity contribution in [2.24, 2.45) is 0 Å². The molecule has 5 aromatic rings. The molecule has 6 heteroatoms. The molecule has 0 radical (unpaired) electrons. The number of hydrogen-bond acceptors (Lipinski definition) is 4. The lowest BCUT2D eigenvalue weighted by molar-refractivity contribution is 0.102. The standard InChI is InChI=1S/C25H17BrN2O2S/c1-30-23-20(13-16-8-3-5-11-18(16)22(23)26)24(29)28-25-27-21(14-31-25)19-12-6-9-15-7-2-4-10-17(15)19/h2-14H,1H3,(H,27,28,29). The van der Waals surface area contributed by atoms with E-state index in [0.717, 1.165) is 37.3 Å². The monoisotopic (exact) mass is 488 g/mol. The predicted molar refractivity (Wildman–Crippen MR) is 131 cm³/mol. The van der Waals surface area contributed by atoms with E-state index in [1.165, 1.54) is 11.3 Å². The summed E-state index contributed by atoms with van der Waals surface area (Å²) in [6.45, 7) is 0. The minimum absolute atomic E-state index is 0.262. The number of ether oxygens (including phenoxy) is 1. The highest BCUT2D eigenvalue weighted by Gasteiger charge is 2.19. The van der Waals surface area contributed by atoms with Crippen LogP contribution in [0.15, 0.2) is 82.6 Å². The number of methoxy groups -OCH3 is 1. The summed E-state index contributed by atoms with van der Waals surface area (Å²) < 4.78 is 6.30. The number of rotatable bonds is 4. The van der Waals surface area contributed by atoms with Gasteiger partial charge < -0.3 is 4.74 Å². The molecule has 0 saturated heterocycles. The predicted octanol–water partition coefficient (Wildman–Crippen LogP) is 7.14. The summed E-state index contributed by atoms with van der Waals surface area (Å²) in [6.07, 6.45) is 0. The Kier molecular flexibility index (Phi) is 5.18. The quantitative estimate of drug-likeness (QED) is 0.292. The van der Waals surface area contributed by atoms with E-state index in [4.69, 9.17) is 4.74 Å². The summed E-state index contributed by atoms with van der Waals surface area (Å²) in [7, 11) is 1.56. The molecule has 0 bridgehead atoms. The minimum Gasteiger partial charge on any atom is -0.495 e. The Hall–Kier alpha value is -3.22. The molecule has 1 amide bonds. The molecule has 1 aromatic heterocycles. The lowest BCUT2D eigenvalue weighted by Gasteiger charge is -2.12. The lowest BCUT2D eigenvalue weighted by Crippen LogP contribution is -2.13. The first-order valence-corrected chi connectivity index (χ1v) is 11.3. The lowest BCUT2D eigenvalue weighted by atomic mass is 10.0. The van der Waals surface area contributed by atoms with Crippen LogP contribution in [0.1, 0.15) is 10.4 Å². The molecular weight excluding hydrogens is 472 g/mol. The van der Waals surface area contributed by atoms with Crippen LogP contribution in [0.3, 0.4) is 0 Å². The Labute approximate surface area is 191 Å². The van der Waals surface area contributed by atoms with Gasteiger partial charge in [-0.15, -0.1) is 11.3 Å². The van der Waals surface area contributed by atoms with Crippen molar-refractivity contribution in [2.75, 3.05) is 12.4 Å². The van der Waals surface area contributed by atoms with Gasteiger partial charge in [-0.3, -0.25) is 10.1 Å². The van der Waals surface area contributed by atoms with Gasteiger partial charge in [0.1, 0.15) is 5.75 Å². The molecule has 31 heavy (non-hydrogen) atoms. The van der Waals surface area contributed by atoms with Crippen LogP contribution in [0.2, 0.25) is 0 Å². The van der Waals surface area contributed by atoms with Crippen molar-refractivity contribution in [1.29, 1.82) is 0 Å². The Morgan fingerprint density at radius 1 is 0.968 bits per heavy atom. The van der Waals surface area contributed by atoms with E-state index in [1.54, 1.807) is 7.11 Å². The third-order valence-corrected chi connectivity index (χ3v) is 6.73. The van der Waals surface area contributed by atoms with E-state index in [1.807, 2.05) is 60.0 Å². The molecule has 0 atom stereocenters. The van der Waals surface area contributed by atoms with Gasteiger partial charge in [-0.05, 0) is 43.5 Å². The van der Waals surface area contributed by atoms with Crippen LogP contribution >= 0.6 is 27.3 Å². The molecule has 4 aromatic carbocycles. The Bertz CT molecular complexity index is 1440. The second-order valence-electron chi connectivity index (χ2n) is 7.01. The summed E-state index contributed by atoms with van der Waals surface area (Å²) in [5.74, 6) is 0.240. The first-order valence-electron chi connectivity index (χ1n) is 9.66. The van der Waals surface area contributed by atoms with E-state index in [2.05, 4.69) is 44.4 Å². The second kappa shape index (κ2) is 8.13. The van der Waals surface area contributed by atoms with Gasteiger partial charge in [-0.25, -0.2) is 4.98 Å². The van der Waals surface area contributed by atoms with Gasteiger partial charge in [0.15, 0.2) is 5.13 Å². The molecule has 0 unspecified atom stereocenters. The molecule has 0 spiro atoms. The average Bonchev–Trinajstić information content (AvgIpc) is 3.26. The Morgan fingerprint density at radius 2 is 1.68 bits per heavy atom. The van der Waals surface area contributed by atoms with Crippen LogP contribution in [0.25, 0.3) is 32.8 Å². The third kappa shape index (κ3) is 3.58. The van der Waals surface area contributed by atoms with Gasteiger partial charge in [0.05, 0.1) is 22.8 Å². The van der Waals surface area contributed by atoms with Crippen molar-refractivity contribution >= 4 is 59.9 Å². The van der Waals surface area contributed by atoms with E-state index in [0.29, 0.717) is 16.4 Å². The van der Waals surface area contributed by atoms with Crippen LogP contribution < -0.4 is 10.1 Å². The Morgan fingerprint density at radius 3 is 2.48 bits per heavy atom. The van der Waals surface area contributed by atoms with Gasteiger partial charge in [-0.2, -0.15) is 0 Å². The van der Waals surface area contributed by atoms with Crippen molar-refractivity contribution in [1.82, 2.24) is 4.98 Å². The number of nitrogens with zero attached hydrogens (tertiary/aromatic N) is 1. The molecule has 0 aliphatic rings. The zero-order chi connectivity index (χ0) is 21.4. The minimum atomic E-state index is -0.262. The highest BCUT2D eigenvalue weighted by Crippen LogP contribution is 2.37. The van der Waals surface area contributed by atoms with E-state index >= 15 is 0 Å². The fourth-order valence-electron chi connectivity index (χ4n) is 3.72. The number of thiazole rings is 1. The Balaban J connectivity index is 1.49.